The minimum atomic E-state index is 0.745. The van der Waals surface area contributed by atoms with E-state index in [1.807, 2.05) is 27.4 Å². The summed E-state index contributed by atoms with van der Waals surface area (Å²) in [5.74, 6) is 0. The van der Waals surface area contributed by atoms with Crippen molar-refractivity contribution >= 4 is 23.2 Å². The summed E-state index contributed by atoms with van der Waals surface area (Å²) in [4.78, 5) is 0. The summed E-state index contributed by atoms with van der Waals surface area (Å²) < 4.78 is 1.28. The second-order valence-electron chi connectivity index (χ2n) is 2.00. The van der Waals surface area contributed by atoms with Crippen LogP contribution in [0.25, 0.3) is 0 Å². The van der Waals surface area contributed by atoms with Gasteiger partial charge in [0.25, 0.3) is 0 Å². The molecule has 0 nitrogen and oxygen atoms in total. The molecule has 0 atom stereocenters. The zero-order valence-electron chi connectivity index (χ0n) is 4.96. The van der Waals surface area contributed by atoms with E-state index in [1.165, 1.54) is 3.88 Å². The molecule has 9 heavy (non-hydrogen) atoms. The first-order valence-corrected chi connectivity index (χ1v) is 4.12. The predicted octanol–water partition coefficient (Wildman–Crippen LogP) is 2.90. The van der Waals surface area contributed by atoms with Gasteiger partial charge in [-0.2, -0.15) is 0 Å². The van der Waals surface area contributed by atoms with Crippen molar-refractivity contribution in [2.75, 3.05) is 0 Å². The molecule has 0 heterocycles. The molecule has 1 rings (SSSR count). The van der Waals surface area contributed by atoms with Gasteiger partial charge in [-0.25, -0.2) is 0 Å². The van der Waals surface area contributed by atoms with Crippen LogP contribution in [0.3, 0.4) is 0 Å². The van der Waals surface area contributed by atoms with E-state index in [0.717, 1.165) is 22.1 Å². The molecule has 0 bridgehead atoms. The Labute approximate surface area is 76.3 Å². The van der Waals surface area contributed by atoms with Crippen LogP contribution in [0.5, 0.6) is 0 Å². The molecular formula is C6H5Cl2Ti. The van der Waals surface area contributed by atoms with Crippen molar-refractivity contribution in [3.05, 3.63) is 19.5 Å². The van der Waals surface area contributed by atoms with Gasteiger partial charge in [0.2, 0.25) is 0 Å². The van der Waals surface area contributed by atoms with Crippen molar-refractivity contribution in [2.24, 2.45) is 0 Å². The van der Waals surface area contributed by atoms with Gasteiger partial charge in [0.1, 0.15) is 0 Å². The Hall–Kier alpha value is 0.774. The van der Waals surface area contributed by atoms with E-state index in [9.17, 15) is 0 Å². The van der Waals surface area contributed by atoms with Gasteiger partial charge >= 0.3 is 76.5 Å². The number of allylic oxidation sites excluding steroid dienone is 4. The number of hydrogen-bond acceptors (Lipinski definition) is 0. The molecule has 0 unspecified atom stereocenters. The second kappa shape index (κ2) is 2.80. The van der Waals surface area contributed by atoms with Gasteiger partial charge in [-0.3, -0.25) is 0 Å². The first kappa shape index (κ1) is 7.88. The maximum atomic E-state index is 5.80. The first-order valence-electron chi connectivity index (χ1n) is 2.59. The predicted molar refractivity (Wildman–Crippen MR) is 36.0 cm³/mol. The summed E-state index contributed by atoms with van der Waals surface area (Å²) in [5, 5.41) is 1.53. The summed E-state index contributed by atoms with van der Waals surface area (Å²) in [7, 11) is 0. The Kier molecular flexibility index (Phi) is 2.45. The number of rotatable bonds is 0. The van der Waals surface area contributed by atoms with E-state index in [-0.39, 0.29) is 0 Å². The quantitative estimate of drug-likeness (QED) is 0.522. The molecule has 0 spiro atoms. The molecule has 0 aromatic carbocycles. The van der Waals surface area contributed by atoms with Crippen LogP contribution >= 0.6 is 23.2 Å². The molecular weight excluding hydrogens is 191 g/mol. The molecule has 3 heteroatoms. The summed E-state index contributed by atoms with van der Waals surface area (Å²) in [6, 6.07) is 0. The van der Waals surface area contributed by atoms with Gasteiger partial charge in [0, 0.05) is 0 Å². The fourth-order valence-corrected chi connectivity index (χ4v) is 1.93. The average Bonchev–Trinajstić information content (AvgIpc) is 1.98. The molecule has 0 aromatic heterocycles. The number of hydrogen-bond donors (Lipinski definition) is 0. The van der Waals surface area contributed by atoms with Gasteiger partial charge in [-0.15, -0.1) is 0 Å². The standard InChI is InChI=1S/C6H5Cl2.Ti/c1-4-2-3-5(7)6(4)8;/h3H2,1H3;. The van der Waals surface area contributed by atoms with Crippen molar-refractivity contribution in [1.29, 1.82) is 0 Å². The van der Waals surface area contributed by atoms with Crippen LogP contribution in [0.4, 0.5) is 0 Å². The Bertz CT molecular complexity index is 181. The zero-order valence-corrected chi connectivity index (χ0v) is 8.04. The maximum absolute atomic E-state index is 5.80. The minimum absolute atomic E-state index is 0.745. The van der Waals surface area contributed by atoms with Crippen molar-refractivity contribution in [3.8, 4) is 0 Å². The Morgan fingerprint density at radius 2 is 2.00 bits per heavy atom. The van der Waals surface area contributed by atoms with Crippen LogP contribution in [0.1, 0.15) is 13.3 Å². The van der Waals surface area contributed by atoms with Gasteiger partial charge < -0.3 is 0 Å². The molecule has 1 aliphatic carbocycles. The van der Waals surface area contributed by atoms with E-state index in [1.54, 1.807) is 0 Å². The summed E-state index contributed by atoms with van der Waals surface area (Å²) in [6.07, 6.45) is 0.840. The van der Waals surface area contributed by atoms with Crippen LogP contribution < -0.4 is 0 Å². The van der Waals surface area contributed by atoms with Crippen LogP contribution in [-0.4, -0.2) is 0 Å². The van der Waals surface area contributed by atoms with E-state index in [0.29, 0.717) is 0 Å². The molecule has 1 aliphatic rings. The van der Waals surface area contributed by atoms with Crippen LogP contribution in [-0.2, 0) is 20.4 Å². The van der Waals surface area contributed by atoms with Gasteiger partial charge in [0.05, 0.1) is 0 Å². The van der Waals surface area contributed by atoms with Gasteiger partial charge in [-0.05, 0) is 0 Å². The summed E-state index contributed by atoms with van der Waals surface area (Å²) in [5.41, 5.74) is 1.14. The van der Waals surface area contributed by atoms with Gasteiger partial charge in [-0.1, -0.05) is 0 Å². The van der Waals surface area contributed by atoms with Gasteiger partial charge in [0.15, 0.2) is 0 Å². The summed E-state index contributed by atoms with van der Waals surface area (Å²) >= 11 is 13.6. The zero-order chi connectivity index (χ0) is 7.02. The average molecular weight is 196 g/mol. The fraction of sp³-hybridized carbons (Fsp3) is 0.333. The van der Waals surface area contributed by atoms with Crippen LogP contribution in [0.2, 0.25) is 0 Å². The van der Waals surface area contributed by atoms with E-state index in [2.05, 4.69) is 0 Å². The van der Waals surface area contributed by atoms with Crippen LogP contribution in [0, 0.1) is 0 Å². The molecule has 0 saturated carbocycles. The third-order valence-corrected chi connectivity index (χ3v) is 3.14. The van der Waals surface area contributed by atoms with E-state index in [4.69, 9.17) is 23.2 Å². The molecule has 0 saturated heterocycles. The fourth-order valence-electron chi connectivity index (χ4n) is 0.701. The Morgan fingerprint density at radius 1 is 1.44 bits per heavy atom. The molecule has 0 N–H and O–H groups in total. The van der Waals surface area contributed by atoms with Crippen LogP contribution in [0.15, 0.2) is 19.5 Å². The Morgan fingerprint density at radius 3 is 2.11 bits per heavy atom. The molecule has 0 amide bonds. The third kappa shape index (κ3) is 1.43. The molecule has 47 valence electrons. The van der Waals surface area contributed by atoms with E-state index >= 15 is 0 Å². The van der Waals surface area contributed by atoms with Crippen molar-refractivity contribution < 1.29 is 20.4 Å². The molecule has 0 aromatic rings. The van der Waals surface area contributed by atoms with Crippen molar-refractivity contribution in [3.63, 3.8) is 0 Å². The van der Waals surface area contributed by atoms with Crippen molar-refractivity contribution in [1.82, 2.24) is 0 Å². The topological polar surface area (TPSA) is 0 Å². The number of halogens is 2. The summed E-state index contributed by atoms with van der Waals surface area (Å²) in [6.45, 7) is 1.99. The monoisotopic (exact) mass is 195 g/mol. The second-order valence-corrected chi connectivity index (χ2v) is 3.78. The molecule has 0 aliphatic heterocycles. The van der Waals surface area contributed by atoms with E-state index < -0.39 is 0 Å². The van der Waals surface area contributed by atoms with Crippen molar-refractivity contribution in [2.45, 2.75) is 13.3 Å². The third-order valence-electron chi connectivity index (χ3n) is 1.35. The molecule has 0 fully saturated rings. The Balaban J connectivity index is 2.97. The first-order chi connectivity index (χ1) is 4.13. The normalized spacial score (nSPS) is 19.8. The SMILES string of the molecule is CC1=[C]([Ti])CC(Cl)=C1Cl. The molecule has 0 radical (unpaired) electrons.